The van der Waals surface area contributed by atoms with Crippen LogP contribution in [0.2, 0.25) is 0 Å². The molecule has 0 saturated heterocycles. The molecule has 0 aliphatic carbocycles. The van der Waals surface area contributed by atoms with Crippen molar-refractivity contribution in [2.24, 2.45) is 0 Å². The summed E-state index contributed by atoms with van der Waals surface area (Å²) in [5, 5.41) is 0. The van der Waals surface area contributed by atoms with Crippen LogP contribution in [0.1, 0.15) is 10.4 Å². The number of rotatable bonds is 5. The van der Waals surface area contributed by atoms with Gasteiger partial charge in [0.25, 0.3) is 6.47 Å². The van der Waals surface area contributed by atoms with Gasteiger partial charge in [0.15, 0.2) is 0 Å². The Balaban J connectivity index is 1.69. The van der Waals surface area contributed by atoms with Gasteiger partial charge in [-0.15, -0.1) is 0 Å². The molecule has 0 saturated carbocycles. The quantitative estimate of drug-likeness (QED) is 0.397. The molecule has 25 heavy (non-hydrogen) atoms. The Labute approximate surface area is 143 Å². The van der Waals surface area contributed by atoms with Crippen LogP contribution in [0, 0.1) is 5.82 Å². The lowest BCUT2D eigenvalue weighted by atomic mass is 10.1. The summed E-state index contributed by atoms with van der Waals surface area (Å²) in [6, 6.07) is 19.1. The lowest BCUT2D eigenvalue weighted by Crippen LogP contribution is -2.08. The summed E-state index contributed by atoms with van der Waals surface area (Å²) >= 11 is 0. The number of hydrogen-bond acceptors (Lipinski definition) is 4. The highest BCUT2D eigenvalue weighted by atomic mass is 19.1. The van der Waals surface area contributed by atoms with E-state index in [1.54, 1.807) is 36.4 Å². The Morgan fingerprint density at radius 1 is 0.760 bits per heavy atom. The van der Waals surface area contributed by atoms with Crippen molar-refractivity contribution in [3.63, 3.8) is 0 Å². The molecule has 0 aromatic heterocycles. The third-order valence-corrected chi connectivity index (χ3v) is 3.52. The average molecular weight is 336 g/mol. The molecular formula is C20H13FO4. The predicted molar refractivity (Wildman–Crippen MR) is 89.9 cm³/mol. The van der Waals surface area contributed by atoms with Crippen LogP contribution in [-0.4, -0.2) is 12.4 Å². The van der Waals surface area contributed by atoms with E-state index in [1.807, 2.05) is 0 Å². The van der Waals surface area contributed by atoms with Gasteiger partial charge in [-0.25, -0.2) is 9.18 Å². The zero-order valence-corrected chi connectivity index (χ0v) is 13.0. The molecule has 4 nitrogen and oxygen atoms in total. The first-order valence-electron chi connectivity index (χ1n) is 7.44. The van der Waals surface area contributed by atoms with E-state index in [-0.39, 0.29) is 5.82 Å². The van der Waals surface area contributed by atoms with Crippen LogP contribution in [0.4, 0.5) is 4.39 Å². The molecular weight excluding hydrogens is 323 g/mol. The summed E-state index contributed by atoms with van der Waals surface area (Å²) in [4.78, 5) is 22.3. The molecule has 0 radical (unpaired) electrons. The largest absolute Gasteiger partial charge is 0.429 e. The second-order valence-corrected chi connectivity index (χ2v) is 5.16. The lowest BCUT2D eigenvalue weighted by Gasteiger charge is -2.06. The maximum Gasteiger partial charge on any atom is 0.343 e. The van der Waals surface area contributed by atoms with E-state index in [0.717, 1.165) is 11.1 Å². The van der Waals surface area contributed by atoms with Crippen LogP contribution >= 0.6 is 0 Å². The van der Waals surface area contributed by atoms with Gasteiger partial charge in [0.2, 0.25) is 0 Å². The minimum atomic E-state index is -0.521. The van der Waals surface area contributed by atoms with Gasteiger partial charge in [0.05, 0.1) is 5.56 Å². The summed E-state index contributed by atoms with van der Waals surface area (Å²) in [7, 11) is 0. The zero-order chi connectivity index (χ0) is 17.6. The molecule has 0 heterocycles. The highest BCUT2D eigenvalue weighted by Gasteiger charge is 2.09. The van der Waals surface area contributed by atoms with Crippen molar-refractivity contribution in [1.29, 1.82) is 0 Å². The molecule has 0 N–H and O–H groups in total. The van der Waals surface area contributed by atoms with Crippen LogP contribution in [-0.2, 0) is 4.79 Å². The molecule has 3 aromatic carbocycles. The van der Waals surface area contributed by atoms with Crippen molar-refractivity contribution in [1.82, 2.24) is 0 Å². The summed E-state index contributed by atoms with van der Waals surface area (Å²) in [5.74, 6) is -0.0784. The Hall–Kier alpha value is -3.47. The summed E-state index contributed by atoms with van der Waals surface area (Å²) in [6.07, 6.45) is 0. The van der Waals surface area contributed by atoms with Crippen molar-refractivity contribution in [3.8, 4) is 22.6 Å². The fourth-order valence-electron chi connectivity index (χ4n) is 2.25. The van der Waals surface area contributed by atoms with Gasteiger partial charge in [-0.2, -0.15) is 0 Å². The number of benzene rings is 3. The Kier molecular flexibility index (Phi) is 4.85. The topological polar surface area (TPSA) is 52.6 Å². The molecule has 5 heteroatoms. The maximum absolute atomic E-state index is 13.0. The Morgan fingerprint density at radius 2 is 1.28 bits per heavy atom. The fourth-order valence-corrected chi connectivity index (χ4v) is 2.25. The van der Waals surface area contributed by atoms with Gasteiger partial charge < -0.3 is 9.47 Å². The predicted octanol–water partition coefficient (Wildman–Crippen LogP) is 4.25. The molecule has 0 aliphatic rings. The first kappa shape index (κ1) is 16.4. The molecule has 0 unspecified atom stereocenters. The summed E-state index contributed by atoms with van der Waals surface area (Å²) in [5.41, 5.74) is 2.08. The van der Waals surface area contributed by atoms with Crippen molar-refractivity contribution in [2.45, 2.75) is 0 Å². The molecule has 0 aliphatic heterocycles. The average Bonchev–Trinajstić information content (AvgIpc) is 2.64. The molecule has 3 rings (SSSR count). The Bertz CT molecular complexity index is 869. The van der Waals surface area contributed by atoms with Crippen molar-refractivity contribution in [3.05, 3.63) is 84.2 Å². The highest BCUT2D eigenvalue weighted by Crippen LogP contribution is 2.23. The minimum absolute atomic E-state index is 0.293. The molecule has 0 fully saturated rings. The molecule has 0 amide bonds. The number of carbonyl (C=O) groups is 2. The smallest absolute Gasteiger partial charge is 0.343 e. The van der Waals surface area contributed by atoms with Crippen LogP contribution in [0.15, 0.2) is 72.8 Å². The van der Waals surface area contributed by atoms with Crippen LogP contribution in [0.25, 0.3) is 11.1 Å². The van der Waals surface area contributed by atoms with Gasteiger partial charge >= 0.3 is 5.97 Å². The van der Waals surface area contributed by atoms with E-state index in [1.165, 1.54) is 36.4 Å². The van der Waals surface area contributed by atoms with Crippen molar-refractivity contribution >= 4 is 12.4 Å². The second kappa shape index (κ2) is 7.40. The van der Waals surface area contributed by atoms with Crippen molar-refractivity contribution in [2.75, 3.05) is 0 Å². The van der Waals surface area contributed by atoms with Gasteiger partial charge in [-0.05, 0) is 59.7 Å². The normalized spacial score (nSPS) is 10.1. The van der Waals surface area contributed by atoms with Crippen LogP contribution in [0.3, 0.4) is 0 Å². The Morgan fingerprint density at radius 3 is 1.84 bits per heavy atom. The third kappa shape index (κ3) is 4.09. The van der Waals surface area contributed by atoms with E-state index in [9.17, 15) is 14.0 Å². The van der Waals surface area contributed by atoms with Crippen LogP contribution in [0.5, 0.6) is 11.5 Å². The summed E-state index contributed by atoms with van der Waals surface area (Å²) < 4.78 is 22.9. The molecule has 124 valence electrons. The van der Waals surface area contributed by atoms with E-state index in [0.29, 0.717) is 23.5 Å². The number of carbonyl (C=O) groups excluding carboxylic acids is 2. The minimum Gasteiger partial charge on any atom is -0.429 e. The zero-order valence-electron chi connectivity index (χ0n) is 13.0. The molecule has 0 bridgehead atoms. The van der Waals surface area contributed by atoms with Gasteiger partial charge in [-0.1, -0.05) is 24.3 Å². The van der Waals surface area contributed by atoms with Gasteiger partial charge in [0.1, 0.15) is 17.3 Å². The lowest BCUT2D eigenvalue weighted by molar-refractivity contribution is -0.120. The van der Waals surface area contributed by atoms with Gasteiger partial charge in [0, 0.05) is 0 Å². The number of hydrogen-bond donors (Lipinski definition) is 0. The van der Waals surface area contributed by atoms with E-state index < -0.39 is 5.97 Å². The highest BCUT2D eigenvalue weighted by molar-refractivity contribution is 5.91. The van der Waals surface area contributed by atoms with E-state index >= 15 is 0 Å². The maximum atomic E-state index is 13.0. The second-order valence-electron chi connectivity index (χ2n) is 5.16. The fraction of sp³-hybridized carbons (Fsp3) is 0. The molecule has 0 atom stereocenters. The van der Waals surface area contributed by atoms with E-state index in [2.05, 4.69) is 4.74 Å². The number of esters is 1. The van der Waals surface area contributed by atoms with Crippen LogP contribution < -0.4 is 9.47 Å². The molecule has 3 aromatic rings. The summed E-state index contributed by atoms with van der Waals surface area (Å²) in [6.45, 7) is 0.315. The van der Waals surface area contributed by atoms with Crippen molar-refractivity contribution < 1.29 is 23.5 Å². The SMILES string of the molecule is O=COc1ccc(C(=O)Oc2ccc(-c3ccc(F)cc3)cc2)cc1. The standard InChI is InChI=1S/C20H13FO4/c21-17-7-1-14(2-8-17)15-3-11-19(12-4-15)25-20(23)16-5-9-18(10-6-16)24-13-22/h1-13H. The monoisotopic (exact) mass is 336 g/mol. The molecule has 0 spiro atoms. The first-order valence-corrected chi connectivity index (χ1v) is 7.44. The third-order valence-electron chi connectivity index (χ3n) is 3.52. The number of halogens is 1. The number of ether oxygens (including phenoxy) is 2. The van der Waals surface area contributed by atoms with E-state index in [4.69, 9.17) is 4.74 Å². The first-order chi connectivity index (χ1) is 12.2. The van der Waals surface area contributed by atoms with Gasteiger partial charge in [-0.3, -0.25) is 4.79 Å².